The minimum atomic E-state index is -0.442. The first-order chi connectivity index (χ1) is 11.9. The molecule has 0 unspecified atom stereocenters. The van der Waals surface area contributed by atoms with E-state index in [1.165, 1.54) is 0 Å². The fourth-order valence-corrected chi connectivity index (χ4v) is 2.26. The van der Waals surface area contributed by atoms with Crippen molar-refractivity contribution >= 4 is 52.1 Å². The quantitative estimate of drug-likeness (QED) is 0.420. The maximum absolute atomic E-state index is 12.0. The molecule has 25 heavy (non-hydrogen) atoms. The van der Waals surface area contributed by atoms with Gasteiger partial charge in [0.25, 0.3) is 5.91 Å². The van der Waals surface area contributed by atoms with Crippen molar-refractivity contribution in [3.05, 3.63) is 58.1 Å². The number of rotatable bonds is 5. The number of para-hydroxylation sites is 1. The first-order valence-electron chi connectivity index (χ1n) is 7.29. The zero-order valence-corrected chi connectivity index (χ0v) is 14.9. The fraction of sp³-hybridized carbons (Fsp3) is 0.118. The number of carbonyl (C=O) groups is 2. The van der Waals surface area contributed by atoms with Crippen LogP contribution in [0.5, 0.6) is 0 Å². The molecule has 0 spiro atoms. The van der Waals surface area contributed by atoms with Gasteiger partial charge in [0.05, 0.1) is 22.0 Å². The molecule has 4 N–H and O–H groups in total. The molecule has 0 bridgehead atoms. The van der Waals surface area contributed by atoms with E-state index in [1.54, 1.807) is 49.4 Å². The van der Waals surface area contributed by atoms with Gasteiger partial charge in [0.1, 0.15) is 0 Å². The lowest BCUT2D eigenvalue weighted by atomic mass is 10.2. The number of amides is 2. The third-order valence-corrected chi connectivity index (χ3v) is 3.91. The highest BCUT2D eigenvalue weighted by Gasteiger charge is 2.09. The molecule has 0 aliphatic carbocycles. The molecule has 0 fully saturated rings. The van der Waals surface area contributed by atoms with Crippen LogP contribution >= 0.6 is 23.2 Å². The van der Waals surface area contributed by atoms with E-state index in [4.69, 9.17) is 28.9 Å². The molecule has 6 nitrogen and oxygen atoms in total. The van der Waals surface area contributed by atoms with Crippen molar-refractivity contribution < 1.29 is 9.59 Å². The molecule has 0 aromatic heterocycles. The van der Waals surface area contributed by atoms with Gasteiger partial charge in [-0.05, 0) is 37.3 Å². The summed E-state index contributed by atoms with van der Waals surface area (Å²) in [6.07, 6.45) is 0.00476. The molecule has 130 valence electrons. The van der Waals surface area contributed by atoms with Crippen LogP contribution in [0.4, 0.5) is 11.4 Å². The van der Waals surface area contributed by atoms with Crippen LogP contribution in [0.3, 0.4) is 0 Å². The molecule has 0 aliphatic heterocycles. The molecule has 2 amide bonds. The van der Waals surface area contributed by atoms with E-state index >= 15 is 0 Å². The van der Waals surface area contributed by atoms with Crippen LogP contribution < -0.4 is 16.5 Å². The Morgan fingerprint density at radius 3 is 2.52 bits per heavy atom. The molecular formula is C17H16Cl2N4O2. The Hall–Kier alpha value is -2.57. The van der Waals surface area contributed by atoms with Crippen molar-refractivity contribution in [2.24, 2.45) is 5.10 Å². The van der Waals surface area contributed by atoms with E-state index in [9.17, 15) is 9.59 Å². The lowest BCUT2D eigenvalue weighted by molar-refractivity contribution is -0.115. The standard InChI is InChI=1S/C17H16Cl2N4O2/c1-10(22-23-17(25)12-4-2-3-5-15(12)20)8-16(24)21-11-6-7-13(18)14(19)9-11/h2-7,9H,8,20H2,1H3,(H,21,24)(H,23,25). The van der Waals surface area contributed by atoms with Gasteiger partial charge in [-0.1, -0.05) is 35.3 Å². The van der Waals surface area contributed by atoms with E-state index in [1.807, 2.05) is 0 Å². The summed E-state index contributed by atoms with van der Waals surface area (Å²) in [5.74, 6) is -0.740. The number of hydrazone groups is 1. The number of nitrogens with two attached hydrogens (primary N) is 1. The summed E-state index contributed by atoms with van der Waals surface area (Å²) in [5.41, 5.74) is 9.72. The Morgan fingerprint density at radius 2 is 1.84 bits per heavy atom. The number of halogens is 2. The van der Waals surface area contributed by atoms with Gasteiger partial charge in [0, 0.05) is 17.1 Å². The summed E-state index contributed by atoms with van der Waals surface area (Å²) < 4.78 is 0. The number of hydrogen-bond donors (Lipinski definition) is 3. The van der Waals surface area contributed by atoms with Crippen molar-refractivity contribution in [2.45, 2.75) is 13.3 Å². The molecule has 0 radical (unpaired) electrons. The third-order valence-electron chi connectivity index (χ3n) is 3.17. The lowest BCUT2D eigenvalue weighted by Crippen LogP contribution is -2.22. The summed E-state index contributed by atoms with van der Waals surface area (Å²) in [5, 5.41) is 7.33. The maximum atomic E-state index is 12.0. The Labute approximate surface area is 155 Å². The Kier molecular flexibility index (Phi) is 6.38. The molecule has 2 aromatic rings. The molecule has 0 aliphatic rings. The molecule has 2 aromatic carbocycles. The first kappa shape index (κ1) is 18.8. The van der Waals surface area contributed by atoms with E-state index in [-0.39, 0.29) is 12.3 Å². The van der Waals surface area contributed by atoms with Gasteiger partial charge >= 0.3 is 0 Å². The molecular weight excluding hydrogens is 363 g/mol. The van der Waals surface area contributed by atoms with Crippen LogP contribution in [0, 0.1) is 0 Å². The van der Waals surface area contributed by atoms with Crippen LogP contribution in [0.15, 0.2) is 47.6 Å². The number of nitrogens with zero attached hydrogens (tertiary/aromatic N) is 1. The molecule has 0 saturated heterocycles. The van der Waals surface area contributed by atoms with E-state index in [0.717, 1.165) is 0 Å². The van der Waals surface area contributed by atoms with Gasteiger partial charge in [0.15, 0.2) is 0 Å². The summed E-state index contributed by atoms with van der Waals surface area (Å²) in [6.45, 7) is 1.63. The largest absolute Gasteiger partial charge is 0.398 e. The number of carbonyl (C=O) groups excluding carboxylic acids is 2. The molecule has 0 saturated carbocycles. The van der Waals surface area contributed by atoms with Crippen LogP contribution in [0.2, 0.25) is 10.0 Å². The van der Waals surface area contributed by atoms with Gasteiger partial charge in [-0.15, -0.1) is 0 Å². The molecule has 0 heterocycles. The highest BCUT2D eigenvalue weighted by molar-refractivity contribution is 6.42. The van der Waals surface area contributed by atoms with Crippen LogP contribution in [-0.4, -0.2) is 17.5 Å². The average molecular weight is 379 g/mol. The SMILES string of the molecule is CC(CC(=O)Nc1ccc(Cl)c(Cl)c1)=NNC(=O)c1ccccc1N. The van der Waals surface area contributed by atoms with Crippen LogP contribution in [-0.2, 0) is 4.79 Å². The predicted octanol–water partition coefficient (Wildman–Crippen LogP) is 3.71. The maximum Gasteiger partial charge on any atom is 0.273 e. The van der Waals surface area contributed by atoms with Crippen LogP contribution in [0.25, 0.3) is 0 Å². The Morgan fingerprint density at radius 1 is 1.12 bits per heavy atom. The minimum absolute atomic E-state index is 0.00476. The van der Waals surface area contributed by atoms with Crippen LogP contribution in [0.1, 0.15) is 23.7 Å². The highest BCUT2D eigenvalue weighted by atomic mass is 35.5. The molecule has 0 atom stereocenters. The highest BCUT2D eigenvalue weighted by Crippen LogP contribution is 2.25. The second kappa shape index (κ2) is 8.50. The van der Waals surface area contributed by atoms with Crippen molar-refractivity contribution in [3.8, 4) is 0 Å². The van der Waals surface area contributed by atoms with Gasteiger partial charge < -0.3 is 11.1 Å². The van der Waals surface area contributed by atoms with Crippen molar-refractivity contribution in [1.29, 1.82) is 0 Å². The summed E-state index contributed by atoms with van der Waals surface area (Å²) >= 11 is 11.7. The van der Waals surface area contributed by atoms with Crippen molar-refractivity contribution in [2.75, 3.05) is 11.1 Å². The van der Waals surface area contributed by atoms with E-state index in [2.05, 4.69) is 15.8 Å². The zero-order valence-electron chi connectivity index (χ0n) is 13.3. The number of nitrogen functional groups attached to an aromatic ring is 1. The second-order valence-electron chi connectivity index (χ2n) is 5.23. The van der Waals surface area contributed by atoms with E-state index in [0.29, 0.717) is 32.7 Å². The zero-order chi connectivity index (χ0) is 18.4. The Bertz CT molecular complexity index is 837. The summed E-state index contributed by atoms with van der Waals surface area (Å²) in [7, 11) is 0. The number of anilines is 2. The van der Waals surface area contributed by atoms with Gasteiger partial charge in [-0.25, -0.2) is 5.43 Å². The van der Waals surface area contributed by atoms with Gasteiger partial charge in [0.2, 0.25) is 5.91 Å². The number of hydrogen-bond acceptors (Lipinski definition) is 4. The van der Waals surface area contributed by atoms with Gasteiger partial charge in [-0.3, -0.25) is 9.59 Å². The number of benzene rings is 2. The normalized spacial score (nSPS) is 11.1. The predicted molar refractivity (Wildman–Crippen MR) is 101 cm³/mol. The molecule has 2 rings (SSSR count). The molecule has 8 heteroatoms. The smallest absolute Gasteiger partial charge is 0.273 e. The van der Waals surface area contributed by atoms with Crippen molar-refractivity contribution in [3.63, 3.8) is 0 Å². The fourth-order valence-electron chi connectivity index (χ4n) is 1.96. The van der Waals surface area contributed by atoms with Gasteiger partial charge in [-0.2, -0.15) is 5.10 Å². The second-order valence-corrected chi connectivity index (χ2v) is 6.04. The monoisotopic (exact) mass is 378 g/mol. The number of nitrogens with one attached hydrogen (secondary N) is 2. The minimum Gasteiger partial charge on any atom is -0.398 e. The van der Waals surface area contributed by atoms with E-state index < -0.39 is 5.91 Å². The summed E-state index contributed by atoms with van der Waals surface area (Å²) in [4.78, 5) is 24.0. The third kappa shape index (κ3) is 5.48. The topological polar surface area (TPSA) is 96.6 Å². The Balaban J connectivity index is 1.92. The first-order valence-corrected chi connectivity index (χ1v) is 8.05. The lowest BCUT2D eigenvalue weighted by Gasteiger charge is -2.07. The average Bonchev–Trinajstić information content (AvgIpc) is 2.56. The van der Waals surface area contributed by atoms with Crippen molar-refractivity contribution in [1.82, 2.24) is 5.43 Å². The summed E-state index contributed by atoms with van der Waals surface area (Å²) in [6, 6.07) is 11.4.